The molecular weight excluding hydrogens is 370 g/mol. The van der Waals surface area contributed by atoms with E-state index in [-0.39, 0.29) is 18.4 Å². The second-order valence-electron chi connectivity index (χ2n) is 7.79. The second kappa shape index (κ2) is 7.24. The van der Waals surface area contributed by atoms with Gasteiger partial charge >= 0.3 is 6.03 Å². The minimum absolute atomic E-state index is 0.160. The van der Waals surface area contributed by atoms with Gasteiger partial charge in [0.05, 0.1) is 0 Å². The van der Waals surface area contributed by atoms with E-state index in [1.807, 2.05) is 31.2 Å². The topological polar surface area (TPSA) is 87.7 Å². The van der Waals surface area contributed by atoms with E-state index in [0.717, 1.165) is 29.1 Å². The number of amides is 4. The zero-order valence-corrected chi connectivity index (χ0v) is 16.4. The standard InChI is InChI=1S/C22H23N3O4/c1-14-4-3-5-18(12-14)29-17-10-8-16(9-11-17)23-19(26)13-25-20(27)22(2,15-6-7-15)24-21(25)28/h3-5,8-12,15H,6-7,13H2,1-2H3,(H,23,26)(H,24,28)/t22-/m0/s1. The van der Waals surface area contributed by atoms with E-state index in [0.29, 0.717) is 11.4 Å². The quantitative estimate of drug-likeness (QED) is 0.736. The Morgan fingerprint density at radius 2 is 1.90 bits per heavy atom. The minimum Gasteiger partial charge on any atom is -0.457 e. The molecule has 150 valence electrons. The maximum atomic E-state index is 12.6. The number of carbonyl (C=O) groups is 3. The first-order chi connectivity index (χ1) is 13.8. The van der Waals surface area contributed by atoms with Gasteiger partial charge in [0.15, 0.2) is 0 Å². The summed E-state index contributed by atoms with van der Waals surface area (Å²) in [6.45, 7) is 3.41. The molecule has 29 heavy (non-hydrogen) atoms. The number of carbonyl (C=O) groups excluding carboxylic acids is 3. The van der Waals surface area contributed by atoms with E-state index in [1.165, 1.54) is 0 Å². The summed E-state index contributed by atoms with van der Waals surface area (Å²) in [7, 11) is 0. The van der Waals surface area contributed by atoms with Gasteiger partial charge < -0.3 is 15.4 Å². The number of nitrogens with one attached hydrogen (secondary N) is 2. The number of imide groups is 1. The van der Waals surface area contributed by atoms with E-state index < -0.39 is 17.5 Å². The summed E-state index contributed by atoms with van der Waals surface area (Å²) in [4.78, 5) is 38.1. The van der Waals surface area contributed by atoms with Crippen LogP contribution in [0.2, 0.25) is 0 Å². The normalized spacial score (nSPS) is 21.1. The largest absolute Gasteiger partial charge is 0.457 e. The smallest absolute Gasteiger partial charge is 0.325 e. The van der Waals surface area contributed by atoms with Crippen molar-refractivity contribution in [1.29, 1.82) is 0 Å². The lowest BCUT2D eigenvalue weighted by Crippen LogP contribution is -2.46. The van der Waals surface area contributed by atoms with Crippen molar-refractivity contribution in [3.05, 3.63) is 54.1 Å². The number of aryl methyl sites for hydroxylation is 1. The Morgan fingerprint density at radius 3 is 2.55 bits per heavy atom. The number of hydrogen-bond donors (Lipinski definition) is 2. The van der Waals surface area contributed by atoms with Gasteiger partial charge in [-0.2, -0.15) is 0 Å². The van der Waals surface area contributed by atoms with Crippen molar-refractivity contribution in [2.24, 2.45) is 5.92 Å². The molecule has 4 amide bonds. The van der Waals surface area contributed by atoms with Gasteiger partial charge in [-0.15, -0.1) is 0 Å². The van der Waals surface area contributed by atoms with Crippen molar-refractivity contribution in [2.45, 2.75) is 32.2 Å². The van der Waals surface area contributed by atoms with Gasteiger partial charge in [-0.05, 0) is 74.6 Å². The van der Waals surface area contributed by atoms with E-state index in [1.54, 1.807) is 31.2 Å². The number of hydrogen-bond acceptors (Lipinski definition) is 4. The van der Waals surface area contributed by atoms with Crippen LogP contribution in [0.25, 0.3) is 0 Å². The van der Waals surface area contributed by atoms with Gasteiger partial charge in [0.25, 0.3) is 5.91 Å². The van der Waals surface area contributed by atoms with Crippen LogP contribution in [0.1, 0.15) is 25.3 Å². The first-order valence-corrected chi connectivity index (χ1v) is 9.64. The lowest BCUT2D eigenvalue weighted by molar-refractivity contribution is -0.134. The lowest BCUT2D eigenvalue weighted by Gasteiger charge is -2.20. The molecule has 0 spiro atoms. The molecule has 1 aliphatic carbocycles. The Labute approximate surface area is 169 Å². The van der Waals surface area contributed by atoms with Crippen LogP contribution >= 0.6 is 0 Å². The molecule has 1 saturated heterocycles. The molecule has 0 aromatic heterocycles. The second-order valence-corrected chi connectivity index (χ2v) is 7.79. The fourth-order valence-electron chi connectivity index (χ4n) is 3.56. The van der Waals surface area contributed by atoms with Crippen LogP contribution in [-0.4, -0.2) is 34.8 Å². The first-order valence-electron chi connectivity index (χ1n) is 9.64. The van der Waals surface area contributed by atoms with E-state index in [9.17, 15) is 14.4 Å². The summed E-state index contributed by atoms with van der Waals surface area (Å²) in [6.07, 6.45) is 1.83. The van der Waals surface area contributed by atoms with Crippen LogP contribution in [0.15, 0.2) is 48.5 Å². The molecule has 0 radical (unpaired) electrons. The summed E-state index contributed by atoms with van der Waals surface area (Å²) in [5.41, 5.74) is 0.778. The lowest BCUT2D eigenvalue weighted by atomic mass is 9.96. The molecule has 2 fully saturated rings. The number of nitrogens with zero attached hydrogens (tertiary/aromatic N) is 1. The van der Waals surface area contributed by atoms with Crippen molar-refractivity contribution in [1.82, 2.24) is 10.2 Å². The van der Waals surface area contributed by atoms with Gasteiger partial charge in [-0.1, -0.05) is 12.1 Å². The highest BCUT2D eigenvalue weighted by Crippen LogP contribution is 2.42. The van der Waals surface area contributed by atoms with E-state index in [2.05, 4.69) is 10.6 Å². The van der Waals surface area contributed by atoms with Crippen LogP contribution in [0, 0.1) is 12.8 Å². The van der Waals surface area contributed by atoms with Crippen molar-refractivity contribution in [2.75, 3.05) is 11.9 Å². The van der Waals surface area contributed by atoms with Crippen molar-refractivity contribution in [3.63, 3.8) is 0 Å². The Morgan fingerprint density at radius 1 is 1.17 bits per heavy atom. The predicted molar refractivity (Wildman–Crippen MR) is 108 cm³/mol. The van der Waals surface area contributed by atoms with Crippen LogP contribution < -0.4 is 15.4 Å². The molecule has 2 aromatic carbocycles. The highest BCUT2D eigenvalue weighted by molar-refractivity contribution is 6.10. The average Bonchev–Trinajstić information content (AvgIpc) is 3.50. The predicted octanol–water partition coefficient (Wildman–Crippen LogP) is 3.45. The fraction of sp³-hybridized carbons (Fsp3) is 0.318. The molecule has 2 N–H and O–H groups in total. The summed E-state index contributed by atoms with van der Waals surface area (Å²) in [5.74, 6) is 0.776. The van der Waals surface area contributed by atoms with E-state index in [4.69, 9.17) is 4.74 Å². The molecule has 1 atom stereocenters. The monoisotopic (exact) mass is 393 g/mol. The summed E-state index contributed by atoms with van der Waals surface area (Å²) < 4.78 is 5.79. The third-order valence-electron chi connectivity index (χ3n) is 5.36. The van der Waals surface area contributed by atoms with Crippen molar-refractivity contribution < 1.29 is 19.1 Å². The Kier molecular flexibility index (Phi) is 4.74. The fourth-order valence-corrected chi connectivity index (χ4v) is 3.56. The van der Waals surface area contributed by atoms with Crippen LogP contribution in [0.4, 0.5) is 10.5 Å². The molecule has 1 heterocycles. The third-order valence-corrected chi connectivity index (χ3v) is 5.36. The first kappa shape index (κ1) is 19.0. The van der Waals surface area contributed by atoms with Gasteiger partial charge in [-0.3, -0.25) is 14.5 Å². The van der Waals surface area contributed by atoms with Gasteiger partial charge in [-0.25, -0.2) is 4.79 Å². The van der Waals surface area contributed by atoms with Crippen molar-refractivity contribution >= 4 is 23.5 Å². The zero-order chi connectivity index (χ0) is 20.6. The molecular formula is C22H23N3O4. The van der Waals surface area contributed by atoms with E-state index >= 15 is 0 Å². The maximum absolute atomic E-state index is 12.6. The minimum atomic E-state index is -0.883. The number of benzene rings is 2. The van der Waals surface area contributed by atoms with Gasteiger partial charge in [0.1, 0.15) is 23.6 Å². The average molecular weight is 393 g/mol. The van der Waals surface area contributed by atoms with Crippen molar-refractivity contribution in [3.8, 4) is 11.5 Å². The molecule has 0 bridgehead atoms. The van der Waals surface area contributed by atoms with Gasteiger partial charge in [0, 0.05) is 5.69 Å². The maximum Gasteiger partial charge on any atom is 0.325 e. The Hall–Kier alpha value is -3.35. The van der Waals surface area contributed by atoms with Gasteiger partial charge in [0.2, 0.25) is 5.91 Å². The van der Waals surface area contributed by atoms with Crippen LogP contribution in [0.5, 0.6) is 11.5 Å². The highest BCUT2D eigenvalue weighted by Gasteiger charge is 2.56. The zero-order valence-electron chi connectivity index (χ0n) is 16.4. The molecule has 2 aliphatic rings. The number of ether oxygens (including phenoxy) is 1. The van der Waals surface area contributed by atoms with Crippen LogP contribution in [-0.2, 0) is 9.59 Å². The third kappa shape index (κ3) is 3.94. The molecule has 4 rings (SSSR count). The molecule has 7 nitrogen and oxygen atoms in total. The number of rotatable bonds is 6. The summed E-state index contributed by atoms with van der Waals surface area (Å²) in [6, 6.07) is 14.1. The summed E-state index contributed by atoms with van der Waals surface area (Å²) in [5, 5.41) is 5.45. The molecule has 0 unspecified atom stereocenters. The SMILES string of the molecule is Cc1cccc(Oc2ccc(NC(=O)CN3C(=O)N[C@@](C)(C4CC4)C3=O)cc2)c1. The highest BCUT2D eigenvalue weighted by atomic mass is 16.5. The molecule has 1 aliphatic heterocycles. The molecule has 7 heteroatoms. The number of urea groups is 1. The Bertz CT molecular complexity index is 968. The number of anilines is 1. The van der Waals surface area contributed by atoms with Crippen LogP contribution in [0.3, 0.4) is 0 Å². The summed E-state index contributed by atoms with van der Waals surface area (Å²) >= 11 is 0. The molecule has 1 saturated carbocycles. The molecule has 2 aromatic rings. The Balaban J connectivity index is 1.35.